The van der Waals surface area contributed by atoms with Crippen molar-refractivity contribution in [1.29, 1.82) is 0 Å². The van der Waals surface area contributed by atoms with E-state index in [1.807, 2.05) is 12.1 Å². The molecule has 1 heterocycles. The van der Waals surface area contributed by atoms with Crippen molar-refractivity contribution in [1.82, 2.24) is 10.3 Å². The molecule has 0 radical (unpaired) electrons. The predicted molar refractivity (Wildman–Crippen MR) is 87.5 cm³/mol. The van der Waals surface area contributed by atoms with Crippen LogP contribution < -0.4 is 10.1 Å². The number of pyridine rings is 1. The van der Waals surface area contributed by atoms with Crippen LogP contribution in [0.3, 0.4) is 0 Å². The van der Waals surface area contributed by atoms with Crippen molar-refractivity contribution in [3.63, 3.8) is 0 Å². The number of hydrogen-bond acceptors (Lipinski definition) is 3. The third-order valence-electron chi connectivity index (χ3n) is 3.05. The molecular formula is C16H18Cl2N2O. The summed E-state index contributed by atoms with van der Waals surface area (Å²) in [7, 11) is 0. The molecule has 21 heavy (non-hydrogen) atoms. The van der Waals surface area contributed by atoms with E-state index in [9.17, 15) is 0 Å². The zero-order valence-corrected chi connectivity index (χ0v) is 13.6. The third-order valence-corrected chi connectivity index (χ3v) is 3.85. The molecule has 0 saturated heterocycles. The van der Waals surface area contributed by atoms with Gasteiger partial charge in [0.2, 0.25) is 0 Å². The van der Waals surface area contributed by atoms with Gasteiger partial charge in [0.25, 0.3) is 0 Å². The highest BCUT2D eigenvalue weighted by Gasteiger charge is 2.09. The van der Waals surface area contributed by atoms with Gasteiger partial charge in [-0.25, -0.2) is 0 Å². The number of halogens is 2. The minimum absolute atomic E-state index is 0.216. The van der Waals surface area contributed by atoms with Gasteiger partial charge in [-0.3, -0.25) is 4.98 Å². The standard InChI is InChI=1S/C16H18Cl2N2O/c1-3-9-19-11(2)14-8-7-12(10-20-14)21-15-6-4-5-13(17)16(15)18/h4-8,10-11,19H,3,9H2,1-2H3. The van der Waals surface area contributed by atoms with E-state index in [-0.39, 0.29) is 6.04 Å². The summed E-state index contributed by atoms with van der Waals surface area (Å²) >= 11 is 12.1. The first kappa shape index (κ1) is 16.1. The Labute approximate surface area is 135 Å². The molecule has 1 atom stereocenters. The molecule has 1 aromatic heterocycles. The lowest BCUT2D eigenvalue weighted by molar-refractivity contribution is 0.478. The van der Waals surface area contributed by atoms with E-state index < -0.39 is 0 Å². The van der Waals surface area contributed by atoms with Crippen molar-refractivity contribution in [2.45, 2.75) is 26.3 Å². The molecule has 0 fully saturated rings. The molecule has 1 aromatic carbocycles. The number of benzene rings is 1. The smallest absolute Gasteiger partial charge is 0.147 e. The van der Waals surface area contributed by atoms with Gasteiger partial charge in [0, 0.05) is 6.04 Å². The van der Waals surface area contributed by atoms with Crippen LogP contribution in [0.15, 0.2) is 36.5 Å². The maximum Gasteiger partial charge on any atom is 0.147 e. The van der Waals surface area contributed by atoms with E-state index >= 15 is 0 Å². The first-order valence-corrected chi connectivity index (χ1v) is 7.68. The molecule has 0 bridgehead atoms. The quantitative estimate of drug-likeness (QED) is 0.788. The number of aromatic nitrogens is 1. The van der Waals surface area contributed by atoms with Gasteiger partial charge in [-0.2, -0.15) is 0 Å². The SMILES string of the molecule is CCCNC(C)c1ccc(Oc2cccc(Cl)c2Cl)cn1. The lowest BCUT2D eigenvalue weighted by Crippen LogP contribution is -2.20. The van der Waals surface area contributed by atoms with Crippen LogP contribution in [0.25, 0.3) is 0 Å². The molecule has 5 heteroatoms. The predicted octanol–water partition coefficient (Wildman–Crippen LogP) is 5.24. The van der Waals surface area contributed by atoms with Gasteiger partial charge in [-0.15, -0.1) is 0 Å². The fraction of sp³-hybridized carbons (Fsp3) is 0.312. The Morgan fingerprint density at radius 3 is 2.71 bits per heavy atom. The molecule has 0 aliphatic rings. The van der Waals surface area contributed by atoms with Crippen molar-refractivity contribution in [3.05, 3.63) is 52.3 Å². The molecule has 0 aliphatic heterocycles. The average Bonchev–Trinajstić information content (AvgIpc) is 2.50. The first-order valence-electron chi connectivity index (χ1n) is 6.93. The first-order chi connectivity index (χ1) is 10.1. The molecule has 2 rings (SSSR count). The van der Waals surface area contributed by atoms with Crippen molar-refractivity contribution in [2.24, 2.45) is 0 Å². The van der Waals surface area contributed by atoms with Crippen LogP contribution in [0.4, 0.5) is 0 Å². The van der Waals surface area contributed by atoms with Crippen LogP contribution in [0, 0.1) is 0 Å². The topological polar surface area (TPSA) is 34.1 Å². The van der Waals surface area contributed by atoms with E-state index in [0.717, 1.165) is 18.7 Å². The van der Waals surface area contributed by atoms with Crippen molar-refractivity contribution < 1.29 is 4.74 Å². The third kappa shape index (κ3) is 4.34. The van der Waals surface area contributed by atoms with E-state index in [1.54, 1.807) is 24.4 Å². The van der Waals surface area contributed by atoms with Crippen molar-refractivity contribution in [3.8, 4) is 11.5 Å². The van der Waals surface area contributed by atoms with Crippen LogP contribution in [0.2, 0.25) is 10.0 Å². The Morgan fingerprint density at radius 1 is 1.24 bits per heavy atom. The number of ether oxygens (including phenoxy) is 1. The second-order valence-electron chi connectivity index (χ2n) is 4.75. The van der Waals surface area contributed by atoms with Crippen molar-refractivity contribution in [2.75, 3.05) is 6.54 Å². The summed E-state index contributed by atoms with van der Waals surface area (Å²) < 4.78 is 5.71. The van der Waals surface area contributed by atoms with E-state index in [1.165, 1.54) is 0 Å². The normalized spacial score (nSPS) is 12.2. The maximum absolute atomic E-state index is 6.09. The highest BCUT2D eigenvalue weighted by atomic mass is 35.5. The molecule has 0 saturated carbocycles. The Morgan fingerprint density at radius 2 is 2.05 bits per heavy atom. The Kier molecular flexibility index (Phi) is 5.85. The summed E-state index contributed by atoms with van der Waals surface area (Å²) in [5.41, 5.74) is 0.980. The minimum Gasteiger partial charge on any atom is -0.454 e. The summed E-state index contributed by atoms with van der Waals surface area (Å²) in [5, 5.41) is 4.26. The lowest BCUT2D eigenvalue weighted by Gasteiger charge is -2.13. The van der Waals surface area contributed by atoms with Crippen LogP contribution in [-0.4, -0.2) is 11.5 Å². The zero-order chi connectivity index (χ0) is 15.2. The van der Waals surface area contributed by atoms with Crippen LogP contribution >= 0.6 is 23.2 Å². The lowest BCUT2D eigenvalue weighted by atomic mass is 10.2. The Balaban J connectivity index is 2.07. The highest BCUT2D eigenvalue weighted by molar-refractivity contribution is 6.42. The summed E-state index contributed by atoms with van der Waals surface area (Å²) in [4.78, 5) is 4.42. The van der Waals surface area contributed by atoms with Crippen molar-refractivity contribution >= 4 is 23.2 Å². The fourth-order valence-electron chi connectivity index (χ4n) is 1.86. The van der Waals surface area contributed by atoms with Gasteiger partial charge >= 0.3 is 0 Å². The number of rotatable bonds is 6. The number of nitrogens with zero attached hydrogens (tertiary/aromatic N) is 1. The van der Waals surface area contributed by atoms with Crippen LogP contribution in [0.1, 0.15) is 32.0 Å². The van der Waals surface area contributed by atoms with Gasteiger partial charge in [0.05, 0.1) is 16.9 Å². The van der Waals surface area contributed by atoms with Gasteiger partial charge in [0.15, 0.2) is 0 Å². The van der Waals surface area contributed by atoms with Crippen LogP contribution in [-0.2, 0) is 0 Å². The summed E-state index contributed by atoms with van der Waals surface area (Å²) in [5.74, 6) is 1.15. The molecular weight excluding hydrogens is 307 g/mol. The average molecular weight is 325 g/mol. The Bertz CT molecular complexity index is 587. The maximum atomic E-state index is 6.09. The van der Waals surface area contributed by atoms with Crippen LogP contribution in [0.5, 0.6) is 11.5 Å². The molecule has 1 unspecified atom stereocenters. The molecule has 0 aliphatic carbocycles. The monoisotopic (exact) mass is 324 g/mol. The van der Waals surface area contributed by atoms with E-state index in [4.69, 9.17) is 27.9 Å². The van der Waals surface area contributed by atoms with Gasteiger partial charge in [-0.05, 0) is 44.2 Å². The molecule has 0 spiro atoms. The summed E-state index contributed by atoms with van der Waals surface area (Å²) in [6.07, 6.45) is 2.79. The zero-order valence-electron chi connectivity index (χ0n) is 12.1. The van der Waals surface area contributed by atoms with E-state index in [0.29, 0.717) is 21.5 Å². The number of hydrogen-bond donors (Lipinski definition) is 1. The minimum atomic E-state index is 0.216. The van der Waals surface area contributed by atoms with E-state index in [2.05, 4.69) is 24.1 Å². The van der Waals surface area contributed by atoms with Gasteiger partial charge in [-0.1, -0.05) is 36.2 Å². The molecule has 1 N–H and O–H groups in total. The second kappa shape index (κ2) is 7.64. The second-order valence-corrected chi connectivity index (χ2v) is 5.53. The van der Waals surface area contributed by atoms with Gasteiger partial charge < -0.3 is 10.1 Å². The summed E-state index contributed by atoms with van der Waals surface area (Å²) in [6, 6.07) is 9.33. The molecule has 0 amide bonds. The van der Waals surface area contributed by atoms with Gasteiger partial charge in [0.1, 0.15) is 16.5 Å². The fourth-order valence-corrected chi connectivity index (χ4v) is 2.19. The Hall–Kier alpha value is -1.29. The molecule has 3 nitrogen and oxygen atoms in total. The number of nitrogens with one attached hydrogen (secondary N) is 1. The largest absolute Gasteiger partial charge is 0.454 e. The highest BCUT2D eigenvalue weighted by Crippen LogP contribution is 2.34. The summed E-state index contributed by atoms with van der Waals surface area (Å²) in [6.45, 7) is 5.20. The molecule has 2 aromatic rings. The molecule has 112 valence electrons.